The topological polar surface area (TPSA) is 50.7 Å². The van der Waals surface area contributed by atoms with E-state index in [9.17, 15) is 4.79 Å². The predicted octanol–water partition coefficient (Wildman–Crippen LogP) is 3.35. The number of carbonyl (C=O) groups excluding carboxylic acids is 1. The number of nitrogens with zero attached hydrogens (tertiary/aromatic N) is 1. The third-order valence-corrected chi connectivity index (χ3v) is 2.93. The summed E-state index contributed by atoms with van der Waals surface area (Å²) in [6, 6.07) is 17.0. The normalized spacial score (nSPS) is 11.0. The molecule has 0 fully saturated rings. The van der Waals surface area contributed by atoms with E-state index in [2.05, 4.69) is 10.3 Å². The fraction of sp³-hybridized carbons (Fsp3) is 0.176. The standard InChI is InChI=1S/C17H18N2O2/c1-3-21-17(20)14-9-11-15(12-10-14)19-16(18-2)13-7-5-4-6-8-13/h4-12H,3H2,1-2H3,(H,18,19). The lowest BCUT2D eigenvalue weighted by Gasteiger charge is -2.10. The third-order valence-electron chi connectivity index (χ3n) is 2.93. The quantitative estimate of drug-likeness (QED) is 0.531. The zero-order valence-electron chi connectivity index (χ0n) is 12.2. The Morgan fingerprint density at radius 2 is 1.71 bits per heavy atom. The molecule has 0 unspecified atom stereocenters. The summed E-state index contributed by atoms with van der Waals surface area (Å²) in [5, 5.41) is 3.24. The Hall–Kier alpha value is -2.62. The molecular weight excluding hydrogens is 264 g/mol. The van der Waals surface area contributed by atoms with E-state index in [1.165, 1.54) is 0 Å². The number of rotatable bonds is 4. The number of hydrogen-bond donors (Lipinski definition) is 1. The first-order chi connectivity index (χ1) is 10.2. The molecule has 0 aliphatic carbocycles. The van der Waals surface area contributed by atoms with Crippen molar-refractivity contribution < 1.29 is 9.53 Å². The largest absolute Gasteiger partial charge is 0.462 e. The zero-order chi connectivity index (χ0) is 15.1. The first kappa shape index (κ1) is 14.8. The van der Waals surface area contributed by atoms with Crippen molar-refractivity contribution in [1.82, 2.24) is 0 Å². The van der Waals surface area contributed by atoms with Gasteiger partial charge in [0, 0.05) is 18.3 Å². The van der Waals surface area contributed by atoms with Crippen molar-refractivity contribution in [3.8, 4) is 0 Å². The molecule has 4 heteroatoms. The van der Waals surface area contributed by atoms with Crippen LogP contribution in [-0.2, 0) is 4.74 Å². The van der Waals surface area contributed by atoms with Gasteiger partial charge < -0.3 is 10.1 Å². The van der Waals surface area contributed by atoms with Crippen molar-refractivity contribution in [2.24, 2.45) is 4.99 Å². The van der Waals surface area contributed by atoms with E-state index in [4.69, 9.17) is 4.74 Å². The smallest absolute Gasteiger partial charge is 0.338 e. The molecule has 0 heterocycles. The van der Waals surface area contributed by atoms with E-state index in [1.807, 2.05) is 42.5 Å². The van der Waals surface area contributed by atoms with Crippen LogP contribution in [0, 0.1) is 0 Å². The van der Waals surface area contributed by atoms with Crippen LogP contribution in [0.5, 0.6) is 0 Å². The zero-order valence-corrected chi connectivity index (χ0v) is 12.2. The van der Waals surface area contributed by atoms with Crippen molar-refractivity contribution in [3.05, 3.63) is 65.7 Å². The van der Waals surface area contributed by atoms with Crippen LogP contribution >= 0.6 is 0 Å². The number of hydrogen-bond acceptors (Lipinski definition) is 3. The molecule has 0 spiro atoms. The minimum absolute atomic E-state index is 0.309. The molecule has 2 aromatic carbocycles. The molecule has 21 heavy (non-hydrogen) atoms. The van der Waals surface area contributed by atoms with Crippen molar-refractivity contribution in [2.45, 2.75) is 6.92 Å². The molecule has 0 radical (unpaired) electrons. The molecule has 0 aliphatic heterocycles. The molecule has 2 rings (SSSR count). The summed E-state index contributed by atoms with van der Waals surface area (Å²) < 4.78 is 4.96. The molecule has 0 aliphatic rings. The SMILES string of the molecule is CCOC(=O)c1ccc(NC(=NC)c2ccccc2)cc1. The average molecular weight is 282 g/mol. The summed E-state index contributed by atoms with van der Waals surface area (Å²) >= 11 is 0. The molecule has 0 aromatic heterocycles. The first-order valence-electron chi connectivity index (χ1n) is 6.81. The van der Waals surface area contributed by atoms with Crippen LogP contribution in [0.25, 0.3) is 0 Å². The highest BCUT2D eigenvalue weighted by molar-refractivity contribution is 6.08. The van der Waals surface area contributed by atoms with Crippen LogP contribution in [0.1, 0.15) is 22.8 Å². The number of amidine groups is 1. The van der Waals surface area contributed by atoms with Gasteiger partial charge in [0.2, 0.25) is 0 Å². The van der Waals surface area contributed by atoms with Gasteiger partial charge in [0.25, 0.3) is 0 Å². The Balaban J connectivity index is 2.11. The van der Waals surface area contributed by atoms with Crippen LogP contribution in [0.4, 0.5) is 5.69 Å². The highest BCUT2D eigenvalue weighted by Crippen LogP contribution is 2.12. The number of anilines is 1. The maximum absolute atomic E-state index is 11.6. The van der Waals surface area contributed by atoms with Crippen LogP contribution in [0.3, 0.4) is 0 Å². The fourth-order valence-corrected chi connectivity index (χ4v) is 1.89. The van der Waals surface area contributed by atoms with Gasteiger partial charge in [0.15, 0.2) is 0 Å². The Morgan fingerprint density at radius 3 is 2.29 bits per heavy atom. The highest BCUT2D eigenvalue weighted by atomic mass is 16.5. The predicted molar refractivity (Wildman–Crippen MR) is 84.9 cm³/mol. The van der Waals surface area contributed by atoms with Gasteiger partial charge in [-0.3, -0.25) is 4.99 Å². The summed E-state index contributed by atoms with van der Waals surface area (Å²) in [7, 11) is 1.74. The number of ether oxygens (including phenoxy) is 1. The minimum Gasteiger partial charge on any atom is -0.462 e. The number of esters is 1. The lowest BCUT2D eigenvalue weighted by Crippen LogP contribution is -2.13. The second kappa shape index (κ2) is 7.24. The van der Waals surface area contributed by atoms with Crippen LogP contribution in [0.15, 0.2) is 59.6 Å². The molecule has 108 valence electrons. The van der Waals surface area contributed by atoms with E-state index in [0.29, 0.717) is 12.2 Å². The highest BCUT2D eigenvalue weighted by Gasteiger charge is 2.07. The van der Waals surface area contributed by atoms with E-state index >= 15 is 0 Å². The van der Waals surface area contributed by atoms with Gasteiger partial charge in [0.05, 0.1) is 12.2 Å². The third kappa shape index (κ3) is 3.92. The number of carbonyl (C=O) groups is 1. The van der Waals surface area contributed by atoms with Gasteiger partial charge in [-0.15, -0.1) is 0 Å². The summed E-state index contributed by atoms with van der Waals surface area (Å²) in [5.74, 6) is 0.468. The minimum atomic E-state index is -0.309. The molecule has 0 amide bonds. The van der Waals surface area contributed by atoms with E-state index in [0.717, 1.165) is 17.1 Å². The Morgan fingerprint density at radius 1 is 1.05 bits per heavy atom. The van der Waals surface area contributed by atoms with Gasteiger partial charge in [-0.2, -0.15) is 0 Å². The number of benzene rings is 2. The van der Waals surface area contributed by atoms with Gasteiger partial charge in [-0.05, 0) is 31.2 Å². The van der Waals surface area contributed by atoms with Gasteiger partial charge >= 0.3 is 5.97 Å². The molecule has 0 bridgehead atoms. The Labute approximate surface area is 124 Å². The summed E-state index contributed by atoms with van der Waals surface area (Å²) in [6.45, 7) is 2.16. The van der Waals surface area contributed by atoms with Gasteiger partial charge in [-0.1, -0.05) is 30.3 Å². The van der Waals surface area contributed by atoms with E-state index < -0.39 is 0 Å². The van der Waals surface area contributed by atoms with Crippen molar-refractivity contribution in [2.75, 3.05) is 19.0 Å². The van der Waals surface area contributed by atoms with Gasteiger partial charge in [0.1, 0.15) is 5.84 Å². The molecule has 1 N–H and O–H groups in total. The van der Waals surface area contributed by atoms with Crippen LogP contribution in [0.2, 0.25) is 0 Å². The summed E-state index contributed by atoms with van der Waals surface area (Å²) in [4.78, 5) is 15.8. The molecule has 0 atom stereocenters. The van der Waals surface area contributed by atoms with E-state index in [1.54, 1.807) is 26.1 Å². The molecular formula is C17H18N2O2. The summed E-state index contributed by atoms with van der Waals surface area (Å²) in [5.41, 5.74) is 2.42. The molecule has 4 nitrogen and oxygen atoms in total. The lowest BCUT2D eigenvalue weighted by atomic mass is 10.1. The summed E-state index contributed by atoms with van der Waals surface area (Å²) in [6.07, 6.45) is 0. The number of nitrogens with one attached hydrogen (secondary N) is 1. The molecule has 0 saturated heterocycles. The van der Waals surface area contributed by atoms with Crippen molar-refractivity contribution in [3.63, 3.8) is 0 Å². The first-order valence-corrected chi connectivity index (χ1v) is 6.81. The maximum atomic E-state index is 11.6. The second-order valence-electron chi connectivity index (χ2n) is 4.36. The van der Waals surface area contributed by atoms with Crippen LogP contribution < -0.4 is 5.32 Å². The number of aliphatic imine (C=N–C) groups is 1. The van der Waals surface area contributed by atoms with Gasteiger partial charge in [-0.25, -0.2) is 4.79 Å². The Bertz CT molecular complexity index is 619. The van der Waals surface area contributed by atoms with Crippen molar-refractivity contribution in [1.29, 1.82) is 0 Å². The average Bonchev–Trinajstić information content (AvgIpc) is 2.54. The maximum Gasteiger partial charge on any atom is 0.338 e. The van der Waals surface area contributed by atoms with Crippen molar-refractivity contribution >= 4 is 17.5 Å². The Kier molecular flexibility index (Phi) is 5.10. The lowest BCUT2D eigenvalue weighted by molar-refractivity contribution is 0.0526. The van der Waals surface area contributed by atoms with E-state index in [-0.39, 0.29) is 5.97 Å². The monoisotopic (exact) mass is 282 g/mol. The fourth-order valence-electron chi connectivity index (χ4n) is 1.89. The molecule has 2 aromatic rings. The molecule has 0 saturated carbocycles. The second-order valence-corrected chi connectivity index (χ2v) is 4.36. The van der Waals surface area contributed by atoms with Crippen LogP contribution in [-0.4, -0.2) is 25.5 Å².